The first-order valence-electron chi connectivity index (χ1n) is 5.60. The fourth-order valence-corrected chi connectivity index (χ4v) is 1.51. The first kappa shape index (κ1) is 12.6. The summed E-state index contributed by atoms with van der Waals surface area (Å²) in [7, 11) is 1.76. The molecule has 0 radical (unpaired) electrons. The second kappa shape index (κ2) is 5.69. The van der Waals surface area contributed by atoms with Crippen LogP contribution in [0.15, 0.2) is 40.8 Å². The topological polar surface area (TPSA) is 83.9 Å². The van der Waals surface area contributed by atoms with Crippen LogP contribution in [0.3, 0.4) is 0 Å². The van der Waals surface area contributed by atoms with Gasteiger partial charge in [0, 0.05) is 18.8 Å². The van der Waals surface area contributed by atoms with Crippen molar-refractivity contribution >= 4 is 12.0 Å². The second-order valence-corrected chi connectivity index (χ2v) is 3.88. The monoisotopic (exact) mass is 256 g/mol. The Labute approximate surface area is 109 Å². The summed E-state index contributed by atoms with van der Waals surface area (Å²) in [4.78, 5) is 11.8. The Morgan fingerprint density at radius 3 is 3.11 bits per heavy atom. The molecular formula is C13H12N4O2. The van der Waals surface area contributed by atoms with Crippen LogP contribution in [0.2, 0.25) is 0 Å². The van der Waals surface area contributed by atoms with Gasteiger partial charge in [0.1, 0.15) is 17.4 Å². The Balaban J connectivity index is 2.03. The zero-order valence-corrected chi connectivity index (χ0v) is 10.3. The van der Waals surface area contributed by atoms with E-state index in [1.54, 1.807) is 36.3 Å². The molecule has 2 heterocycles. The van der Waals surface area contributed by atoms with Crippen LogP contribution >= 0.6 is 0 Å². The number of amides is 1. The van der Waals surface area contributed by atoms with Crippen molar-refractivity contribution < 1.29 is 9.21 Å². The molecule has 2 rings (SSSR count). The van der Waals surface area contributed by atoms with Crippen LogP contribution in [-0.2, 0) is 18.4 Å². The van der Waals surface area contributed by atoms with Gasteiger partial charge in [0.15, 0.2) is 0 Å². The minimum absolute atomic E-state index is 0.0274. The highest BCUT2D eigenvalue weighted by molar-refractivity contribution is 6.01. The van der Waals surface area contributed by atoms with Crippen LogP contribution in [0, 0.1) is 11.3 Å². The Bertz CT molecular complexity index is 632. The standard InChI is InChI=1S/C13H12N4O2/c1-17-9-10(7-16-17)5-11(6-14)13(18)15-8-12-3-2-4-19-12/h2-5,7,9H,8H2,1H3,(H,15,18)/b11-5-. The quantitative estimate of drug-likeness (QED) is 0.658. The smallest absolute Gasteiger partial charge is 0.262 e. The minimum Gasteiger partial charge on any atom is -0.467 e. The summed E-state index contributed by atoms with van der Waals surface area (Å²) in [6.45, 7) is 0.248. The summed E-state index contributed by atoms with van der Waals surface area (Å²) in [5, 5.41) is 15.6. The number of hydrogen-bond donors (Lipinski definition) is 1. The second-order valence-electron chi connectivity index (χ2n) is 3.88. The number of carbonyl (C=O) groups excluding carboxylic acids is 1. The number of furan rings is 1. The van der Waals surface area contributed by atoms with E-state index in [2.05, 4.69) is 10.4 Å². The molecule has 2 aromatic rings. The lowest BCUT2D eigenvalue weighted by Gasteiger charge is -2.01. The number of hydrogen-bond acceptors (Lipinski definition) is 4. The molecule has 1 N–H and O–H groups in total. The average Bonchev–Trinajstić information content (AvgIpc) is 3.04. The summed E-state index contributed by atoms with van der Waals surface area (Å²) >= 11 is 0. The summed E-state index contributed by atoms with van der Waals surface area (Å²) in [6, 6.07) is 5.35. The highest BCUT2D eigenvalue weighted by Crippen LogP contribution is 2.06. The van der Waals surface area contributed by atoms with Crippen LogP contribution in [-0.4, -0.2) is 15.7 Å². The average molecular weight is 256 g/mol. The van der Waals surface area contributed by atoms with Crippen molar-refractivity contribution in [1.82, 2.24) is 15.1 Å². The minimum atomic E-state index is -0.442. The third kappa shape index (κ3) is 3.33. The Kier molecular flexibility index (Phi) is 3.78. The van der Waals surface area contributed by atoms with Gasteiger partial charge in [-0.25, -0.2) is 0 Å². The highest BCUT2D eigenvalue weighted by atomic mass is 16.3. The lowest BCUT2D eigenvalue weighted by atomic mass is 10.2. The maximum absolute atomic E-state index is 11.8. The molecular weight excluding hydrogens is 244 g/mol. The summed E-state index contributed by atoms with van der Waals surface area (Å²) in [5.41, 5.74) is 0.728. The first-order chi connectivity index (χ1) is 9.19. The van der Waals surface area contributed by atoms with E-state index in [0.717, 1.165) is 0 Å². The van der Waals surface area contributed by atoms with E-state index >= 15 is 0 Å². The molecule has 2 aromatic heterocycles. The number of rotatable bonds is 4. The van der Waals surface area contributed by atoms with Crippen molar-refractivity contribution in [1.29, 1.82) is 5.26 Å². The van der Waals surface area contributed by atoms with Crippen molar-refractivity contribution in [2.75, 3.05) is 0 Å². The van der Waals surface area contributed by atoms with Crippen molar-refractivity contribution in [3.05, 3.63) is 47.7 Å². The van der Waals surface area contributed by atoms with Crippen LogP contribution in [0.1, 0.15) is 11.3 Å². The van der Waals surface area contributed by atoms with E-state index in [0.29, 0.717) is 11.3 Å². The highest BCUT2D eigenvalue weighted by Gasteiger charge is 2.09. The Hall–Kier alpha value is -2.81. The molecule has 0 aliphatic heterocycles. The normalized spacial score (nSPS) is 11.1. The van der Waals surface area contributed by atoms with Gasteiger partial charge in [0.2, 0.25) is 0 Å². The van der Waals surface area contributed by atoms with Crippen molar-refractivity contribution in [3.8, 4) is 6.07 Å². The SMILES string of the molecule is Cn1cc(/C=C(/C#N)C(=O)NCc2ccco2)cn1. The van der Waals surface area contributed by atoms with Crippen LogP contribution in [0.5, 0.6) is 0 Å². The molecule has 0 aliphatic carbocycles. The lowest BCUT2D eigenvalue weighted by Crippen LogP contribution is -2.23. The molecule has 1 amide bonds. The van der Waals surface area contributed by atoms with Gasteiger partial charge >= 0.3 is 0 Å². The van der Waals surface area contributed by atoms with E-state index in [4.69, 9.17) is 9.68 Å². The third-order valence-electron chi connectivity index (χ3n) is 2.40. The number of nitrogens with zero attached hydrogens (tertiary/aromatic N) is 3. The molecule has 96 valence electrons. The Morgan fingerprint density at radius 2 is 2.53 bits per heavy atom. The first-order valence-corrected chi connectivity index (χ1v) is 5.60. The maximum atomic E-state index is 11.8. The molecule has 0 aliphatic rings. The van der Waals surface area contributed by atoms with E-state index in [1.807, 2.05) is 6.07 Å². The molecule has 0 bridgehead atoms. The Morgan fingerprint density at radius 1 is 1.68 bits per heavy atom. The predicted molar refractivity (Wildman–Crippen MR) is 67.4 cm³/mol. The summed E-state index contributed by atoms with van der Waals surface area (Å²) < 4.78 is 6.69. The van der Waals surface area contributed by atoms with Crippen LogP contribution in [0.25, 0.3) is 6.08 Å². The molecule has 0 saturated carbocycles. The van der Waals surface area contributed by atoms with Gasteiger partial charge < -0.3 is 9.73 Å². The molecule has 6 nitrogen and oxygen atoms in total. The molecule has 0 atom stereocenters. The fourth-order valence-electron chi connectivity index (χ4n) is 1.51. The van der Waals surface area contributed by atoms with Gasteiger partial charge in [-0.3, -0.25) is 9.48 Å². The summed E-state index contributed by atoms with van der Waals surface area (Å²) in [5.74, 6) is 0.190. The van der Waals surface area contributed by atoms with Crippen molar-refractivity contribution in [2.45, 2.75) is 6.54 Å². The van der Waals surface area contributed by atoms with Gasteiger partial charge in [0.05, 0.1) is 19.0 Å². The predicted octanol–water partition coefficient (Wildman–Crippen LogP) is 1.24. The number of nitriles is 1. The third-order valence-corrected chi connectivity index (χ3v) is 2.40. The number of nitrogens with one attached hydrogen (secondary N) is 1. The van der Waals surface area contributed by atoms with Crippen LogP contribution in [0.4, 0.5) is 0 Å². The maximum Gasteiger partial charge on any atom is 0.262 e. The van der Waals surface area contributed by atoms with E-state index in [-0.39, 0.29) is 12.1 Å². The van der Waals surface area contributed by atoms with E-state index in [1.165, 1.54) is 12.3 Å². The fraction of sp³-hybridized carbons (Fsp3) is 0.154. The van der Waals surface area contributed by atoms with Crippen LogP contribution < -0.4 is 5.32 Å². The van der Waals surface area contributed by atoms with E-state index in [9.17, 15) is 4.79 Å². The molecule has 6 heteroatoms. The summed E-state index contributed by atoms with van der Waals surface area (Å²) in [6.07, 6.45) is 6.32. The van der Waals surface area contributed by atoms with Gasteiger partial charge in [-0.1, -0.05) is 0 Å². The van der Waals surface area contributed by atoms with E-state index < -0.39 is 5.91 Å². The van der Waals surface area contributed by atoms with Gasteiger partial charge in [-0.2, -0.15) is 10.4 Å². The lowest BCUT2D eigenvalue weighted by molar-refractivity contribution is -0.117. The molecule has 0 unspecified atom stereocenters. The molecule has 0 spiro atoms. The number of carbonyl (C=O) groups is 1. The van der Waals surface area contributed by atoms with Gasteiger partial charge in [0.25, 0.3) is 5.91 Å². The molecule has 0 saturated heterocycles. The van der Waals surface area contributed by atoms with Crippen molar-refractivity contribution in [2.24, 2.45) is 7.05 Å². The molecule has 19 heavy (non-hydrogen) atoms. The molecule has 0 fully saturated rings. The number of aryl methyl sites for hydroxylation is 1. The largest absolute Gasteiger partial charge is 0.467 e. The zero-order chi connectivity index (χ0) is 13.7. The van der Waals surface area contributed by atoms with Gasteiger partial charge in [-0.05, 0) is 18.2 Å². The van der Waals surface area contributed by atoms with Gasteiger partial charge in [-0.15, -0.1) is 0 Å². The van der Waals surface area contributed by atoms with Crippen molar-refractivity contribution in [3.63, 3.8) is 0 Å². The molecule has 0 aromatic carbocycles. The number of aromatic nitrogens is 2. The zero-order valence-electron chi connectivity index (χ0n) is 10.3.